The first-order chi connectivity index (χ1) is 20.6. The number of aliphatic carboxylic acids is 1. The predicted molar refractivity (Wildman–Crippen MR) is 162 cm³/mol. The van der Waals surface area contributed by atoms with E-state index in [-0.39, 0.29) is 25.2 Å². The molecule has 12 nitrogen and oxygen atoms in total. The number of amides is 3. The number of para-hydroxylation sites is 2. The molecule has 3 amide bonds. The van der Waals surface area contributed by atoms with E-state index in [1.807, 2.05) is 62.4 Å². The van der Waals surface area contributed by atoms with Crippen LogP contribution in [-0.2, 0) is 32.0 Å². The van der Waals surface area contributed by atoms with Gasteiger partial charge < -0.3 is 41.9 Å². The number of carbonyl (C=O) groups excluding carboxylic acids is 3. The van der Waals surface area contributed by atoms with Crippen LogP contribution in [0.4, 0.5) is 0 Å². The number of aliphatic hydroxyl groups excluding tert-OH is 1. The fourth-order valence-electron chi connectivity index (χ4n) is 5.06. The standard InChI is InChI=1S/C31H38N6O6/c1-17(2)11-25(35-28(39)22(32)16-38)29(40)36-26(12-18-14-33-23-9-5-3-7-20(18)23)30(41)37-27(31(42)43)13-19-15-34-24-10-6-4-8-21(19)24/h3-10,14-15,17,22,25-27,33-34,38H,11-13,16,32H2,1-2H3,(H,35,39)(H,36,40)(H,37,41)(H,42,43). The first kappa shape index (κ1) is 31.3. The zero-order chi connectivity index (χ0) is 31.1. The molecule has 4 aromatic rings. The predicted octanol–water partition coefficient (Wildman–Crippen LogP) is 1.34. The number of fused-ring (bicyclic) bond motifs is 2. The van der Waals surface area contributed by atoms with Crippen LogP contribution in [-0.4, -0.2) is 74.6 Å². The van der Waals surface area contributed by atoms with Gasteiger partial charge in [-0.2, -0.15) is 0 Å². The summed E-state index contributed by atoms with van der Waals surface area (Å²) < 4.78 is 0. The molecule has 43 heavy (non-hydrogen) atoms. The molecule has 4 unspecified atom stereocenters. The van der Waals surface area contributed by atoms with Crippen LogP contribution < -0.4 is 21.7 Å². The van der Waals surface area contributed by atoms with Crippen molar-refractivity contribution in [1.82, 2.24) is 25.9 Å². The normalized spacial score (nSPS) is 14.3. The largest absolute Gasteiger partial charge is 0.480 e. The maximum atomic E-state index is 13.7. The van der Waals surface area contributed by atoms with Crippen molar-refractivity contribution in [2.24, 2.45) is 11.7 Å². The van der Waals surface area contributed by atoms with Crippen molar-refractivity contribution in [2.75, 3.05) is 6.61 Å². The van der Waals surface area contributed by atoms with Crippen LogP contribution >= 0.6 is 0 Å². The van der Waals surface area contributed by atoms with E-state index in [4.69, 9.17) is 5.73 Å². The average Bonchev–Trinajstić information content (AvgIpc) is 3.59. The molecule has 0 bridgehead atoms. The lowest BCUT2D eigenvalue weighted by atomic mass is 10.00. The van der Waals surface area contributed by atoms with E-state index in [9.17, 15) is 29.4 Å². The number of carbonyl (C=O) groups is 4. The second-order valence-corrected chi connectivity index (χ2v) is 11.1. The van der Waals surface area contributed by atoms with Crippen molar-refractivity contribution < 1.29 is 29.4 Å². The number of nitrogens with two attached hydrogens (primary N) is 1. The van der Waals surface area contributed by atoms with E-state index in [0.29, 0.717) is 0 Å². The molecule has 228 valence electrons. The molecule has 2 aromatic carbocycles. The summed E-state index contributed by atoms with van der Waals surface area (Å²) in [6, 6.07) is 10.2. The number of aromatic nitrogens is 2. The van der Waals surface area contributed by atoms with Gasteiger partial charge in [0, 0.05) is 47.0 Å². The van der Waals surface area contributed by atoms with Crippen LogP contribution in [0, 0.1) is 5.92 Å². The number of benzene rings is 2. The topological polar surface area (TPSA) is 202 Å². The van der Waals surface area contributed by atoms with Crippen LogP contribution in [0.15, 0.2) is 60.9 Å². The molecule has 12 heteroatoms. The molecule has 0 spiro atoms. The summed E-state index contributed by atoms with van der Waals surface area (Å²) >= 11 is 0. The van der Waals surface area contributed by atoms with Crippen LogP contribution in [0.2, 0.25) is 0 Å². The van der Waals surface area contributed by atoms with E-state index >= 15 is 0 Å². The van der Waals surface area contributed by atoms with Crippen LogP contribution in [0.5, 0.6) is 0 Å². The van der Waals surface area contributed by atoms with E-state index in [1.54, 1.807) is 12.4 Å². The highest BCUT2D eigenvalue weighted by Crippen LogP contribution is 2.21. The Kier molecular flexibility index (Phi) is 10.2. The smallest absolute Gasteiger partial charge is 0.326 e. The molecule has 2 aromatic heterocycles. The van der Waals surface area contributed by atoms with Crippen molar-refractivity contribution in [1.29, 1.82) is 0 Å². The lowest BCUT2D eigenvalue weighted by Crippen LogP contribution is -2.58. The number of hydrogen-bond donors (Lipinski definition) is 8. The molecular weight excluding hydrogens is 552 g/mol. The van der Waals surface area contributed by atoms with Crippen molar-refractivity contribution in [3.63, 3.8) is 0 Å². The Balaban J connectivity index is 1.59. The number of carboxylic acids is 1. The van der Waals surface area contributed by atoms with Crippen molar-refractivity contribution in [2.45, 2.75) is 57.3 Å². The molecule has 0 aliphatic rings. The zero-order valence-corrected chi connectivity index (χ0v) is 24.1. The molecule has 0 aliphatic heterocycles. The summed E-state index contributed by atoms with van der Waals surface area (Å²) in [6.07, 6.45) is 3.78. The van der Waals surface area contributed by atoms with E-state index in [2.05, 4.69) is 25.9 Å². The summed E-state index contributed by atoms with van der Waals surface area (Å²) in [5.41, 5.74) is 8.79. The maximum absolute atomic E-state index is 13.7. The van der Waals surface area contributed by atoms with E-state index in [1.165, 1.54) is 0 Å². The Labute approximate surface area is 248 Å². The second kappa shape index (κ2) is 14.0. The van der Waals surface area contributed by atoms with Gasteiger partial charge in [-0.1, -0.05) is 50.2 Å². The van der Waals surface area contributed by atoms with E-state index < -0.39 is 54.5 Å². The Morgan fingerprint density at radius 2 is 1.21 bits per heavy atom. The van der Waals surface area contributed by atoms with Gasteiger partial charge >= 0.3 is 5.97 Å². The summed E-state index contributed by atoms with van der Waals surface area (Å²) in [5, 5.41) is 28.9. The third-order valence-corrected chi connectivity index (χ3v) is 7.32. The highest BCUT2D eigenvalue weighted by molar-refractivity contribution is 5.95. The highest BCUT2D eigenvalue weighted by atomic mass is 16.4. The number of nitrogens with one attached hydrogen (secondary N) is 5. The van der Waals surface area contributed by atoms with Gasteiger partial charge in [0.1, 0.15) is 24.2 Å². The minimum absolute atomic E-state index is 0.00476. The lowest BCUT2D eigenvalue weighted by molar-refractivity contribution is -0.142. The molecule has 2 heterocycles. The second-order valence-electron chi connectivity index (χ2n) is 11.1. The van der Waals surface area contributed by atoms with Crippen molar-refractivity contribution in [3.8, 4) is 0 Å². The number of rotatable bonds is 14. The fourth-order valence-corrected chi connectivity index (χ4v) is 5.06. The fraction of sp³-hybridized carbons (Fsp3) is 0.355. The number of H-pyrrole nitrogens is 2. The first-order valence-corrected chi connectivity index (χ1v) is 14.2. The highest BCUT2D eigenvalue weighted by Gasteiger charge is 2.31. The van der Waals surface area contributed by atoms with Gasteiger partial charge in [-0.25, -0.2) is 4.79 Å². The Morgan fingerprint density at radius 1 is 0.744 bits per heavy atom. The number of carboxylic acid groups (broad SMARTS) is 1. The monoisotopic (exact) mass is 590 g/mol. The molecule has 0 radical (unpaired) electrons. The molecule has 0 saturated carbocycles. The van der Waals surface area contributed by atoms with Gasteiger partial charge in [0.25, 0.3) is 0 Å². The summed E-state index contributed by atoms with van der Waals surface area (Å²) in [6.45, 7) is 3.15. The number of hydrogen-bond acceptors (Lipinski definition) is 6. The van der Waals surface area contributed by atoms with E-state index in [0.717, 1.165) is 32.9 Å². The third-order valence-electron chi connectivity index (χ3n) is 7.32. The van der Waals surface area contributed by atoms with Gasteiger partial charge in [0.2, 0.25) is 17.7 Å². The summed E-state index contributed by atoms with van der Waals surface area (Å²) in [4.78, 5) is 58.2. The molecule has 0 saturated heterocycles. The molecule has 0 fully saturated rings. The third kappa shape index (κ3) is 7.79. The maximum Gasteiger partial charge on any atom is 0.326 e. The van der Waals surface area contributed by atoms with Crippen LogP contribution in [0.3, 0.4) is 0 Å². The Bertz CT molecular complexity index is 1590. The molecule has 9 N–H and O–H groups in total. The van der Waals surface area contributed by atoms with Crippen molar-refractivity contribution >= 4 is 45.5 Å². The first-order valence-electron chi connectivity index (χ1n) is 14.2. The molecule has 4 atom stereocenters. The van der Waals surface area contributed by atoms with Gasteiger partial charge in [-0.05, 0) is 35.6 Å². The zero-order valence-electron chi connectivity index (χ0n) is 24.1. The Hall–Kier alpha value is -4.68. The quantitative estimate of drug-likeness (QED) is 0.108. The number of aromatic amines is 2. The average molecular weight is 591 g/mol. The molecular formula is C31H38N6O6. The minimum Gasteiger partial charge on any atom is -0.480 e. The van der Waals surface area contributed by atoms with Gasteiger partial charge in [0.15, 0.2) is 0 Å². The Morgan fingerprint density at radius 3 is 1.72 bits per heavy atom. The summed E-state index contributed by atoms with van der Waals surface area (Å²) in [5.74, 6) is -3.25. The molecule has 0 aliphatic carbocycles. The minimum atomic E-state index is -1.28. The number of aliphatic hydroxyl groups is 1. The lowest BCUT2D eigenvalue weighted by Gasteiger charge is -2.26. The van der Waals surface area contributed by atoms with Crippen LogP contribution in [0.1, 0.15) is 31.4 Å². The van der Waals surface area contributed by atoms with Crippen LogP contribution in [0.25, 0.3) is 21.8 Å². The molecule has 4 rings (SSSR count). The SMILES string of the molecule is CC(C)CC(NC(=O)C(N)CO)C(=O)NC(Cc1c[nH]c2ccccc12)C(=O)NC(Cc1c[nH]c2ccccc12)C(=O)O. The summed E-state index contributed by atoms with van der Waals surface area (Å²) in [7, 11) is 0. The van der Waals surface area contributed by atoms with Gasteiger partial charge in [-0.15, -0.1) is 0 Å². The van der Waals surface area contributed by atoms with Crippen molar-refractivity contribution in [3.05, 3.63) is 72.1 Å². The van der Waals surface area contributed by atoms with Gasteiger partial charge in [-0.3, -0.25) is 14.4 Å². The van der Waals surface area contributed by atoms with Gasteiger partial charge in [0.05, 0.1) is 6.61 Å².